The summed E-state index contributed by atoms with van der Waals surface area (Å²) in [5.41, 5.74) is 6.37. The van der Waals surface area contributed by atoms with Crippen LogP contribution in [0.3, 0.4) is 0 Å². The third-order valence-electron chi connectivity index (χ3n) is 2.90. The highest BCUT2D eigenvalue weighted by molar-refractivity contribution is 7.08. The van der Waals surface area contributed by atoms with Crippen molar-refractivity contribution in [3.8, 4) is 0 Å². The minimum absolute atomic E-state index is 0.345. The molecule has 0 aliphatic carbocycles. The molecule has 0 saturated carbocycles. The Labute approximate surface area is 128 Å². The van der Waals surface area contributed by atoms with Crippen LogP contribution in [0.5, 0.6) is 0 Å². The number of H-pyrrole nitrogens is 1. The summed E-state index contributed by atoms with van der Waals surface area (Å²) in [4.78, 5) is 26.7. The van der Waals surface area contributed by atoms with Gasteiger partial charge in [0, 0.05) is 21.3 Å². The maximum absolute atomic E-state index is 12.0. The average molecular weight is 320 g/mol. The summed E-state index contributed by atoms with van der Waals surface area (Å²) in [7, 11) is 0. The largest absolute Gasteiger partial charge is 0.350 e. The highest BCUT2D eigenvalue weighted by Crippen LogP contribution is 2.19. The van der Waals surface area contributed by atoms with E-state index in [-0.39, 0.29) is 5.91 Å². The standard InChI is InChI=1S/C14H10ClN3O2S/c15-10-1-2-11-9(5-10)6-12(16-11)14(20)18-17-13(19)8-3-4-21-7-8/h1-7,16H,(H,17,19)(H,18,20). The molecule has 2 heterocycles. The second-order valence-electron chi connectivity index (χ2n) is 4.33. The molecule has 0 radical (unpaired) electrons. The van der Waals surface area contributed by atoms with E-state index in [4.69, 9.17) is 11.6 Å². The van der Waals surface area contributed by atoms with E-state index in [9.17, 15) is 9.59 Å². The Morgan fingerprint density at radius 1 is 1.10 bits per heavy atom. The molecule has 5 nitrogen and oxygen atoms in total. The van der Waals surface area contributed by atoms with Crippen molar-refractivity contribution in [2.45, 2.75) is 0 Å². The molecule has 0 fully saturated rings. The van der Waals surface area contributed by atoms with E-state index in [1.54, 1.807) is 41.1 Å². The maximum atomic E-state index is 12.0. The van der Waals surface area contributed by atoms with Gasteiger partial charge in [0.15, 0.2) is 0 Å². The number of carbonyl (C=O) groups is 2. The second kappa shape index (κ2) is 5.59. The minimum Gasteiger partial charge on any atom is -0.350 e. The lowest BCUT2D eigenvalue weighted by atomic mass is 10.2. The van der Waals surface area contributed by atoms with Crippen molar-refractivity contribution in [2.75, 3.05) is 0 Å². The normalized spacial score (nSPS) is 10.5. The second-order valence-corrected chi connectivity index (χ2v) is 5.55. The van der Waals surface area contributed by atoms with Gasteiger partial charge in [-0.1, -0.05) is 11.6 Å². The first-order chi connectivity index (χ1) is 10.1. The Balaban J connectivity index is 1.70. The average Bonchev–Trinajstić information content (AvgIpc) is 3.12. The van der Waals surface area contributed by atoms with Crippen LogP contribution >= 0.6 is 22.9 Å². The van der Waals surface area contributed by atoms with E-state index in [1.807, 2.05) is 0 Å². The van der Waals surface area contributed by atoms with Crippen molar-refractivity contribution < 1.29 is 9.59 Å². The number of hydrogen-bond donors (Lipinski definition) is 3. The maximum Gasteiger partial charge on any atom is 0.286 e. The monoisotopic (exact) mass is 319 g/mol. The number of nitrogens with one attached hydrogen (secondary N) is 3. The predicted molar refractivity (Wildman–Crippen MR) is 82.6 cm³/mol. The molecule has 7 heteroatoms. The highest BCUT2D eigenvalue weighted by atomic mass is 35.5. The van der Waals surface area contributed by atoms with Crippen LogP contribution in [0.2, 0.25) is 5.02 Å². The van der Waals surface area contributed by atoms with E-state index in [2.05, 4.69) is 15.8 Å². The molecule has 0 saturated heterocycles. The van der Waals surface area contributed by atoms with Crippen LogP contribution in [0, 0.1) is 0 Å². The van der Waals surface area contributed by atoms with Crippen LogP contribution in [-0.2, 0) is 0 Å². The number of rotatable bonds is 2. The number of hydrazine groups is 1. The number of aromatic nitrogens is 1. The van der Waals surface area contributed by atoms with Crippen molar-refractivity contribution in [3.05, 3.63) is 57.4 Å². The fraction of sp³-hybridized carbons (Fsp3) is 0. The molecule has 3 N–H and O–H groups in total. The number of amides is 2. The molecule has 3 aromatic rings. The summed E-state index contributed by atoms with van der Waals surface area (Å²) in [6, 6.07) is 8.64. The molecular weight excluding hydrogens is 310 g/mol. The van der Waals surface area contributed by atoms with E-state index < -0.39 is 5.91 Å². The number of fused-ring (bicyclic) bond motifs is 1. The van der Waals surface area contributed by atoms with Gasteiger partial charge in [-0.3, -0.25) is 20.4 Å². The number of benzene rings is 1. The van der Waals surface area contributed by atoms with Gasteiger partial charge in [-0.2, -0.15) is 11.3 Å². The summed E-state index contributed by atoms with van der Waals surface area (Å²) in [6.45, 7) is 0. The van der Waals surface area contributed by atoms with Crippen LogP contribution in [0.1, 0.15) is 20.8 Å². The Hall–Kier alpha value is -2.31. The van der Waals surface area contributed by atoms with Gasteiger partial charge in [-0.15, -0.1) is 0 Å². The van der Waals surface area contributed by atoms with Crippen molar-refractivity contribution in [1.29, 1.82) is 0 Å². The van der Waals surface area contributed by atoms with Gasteiger partial charge < -0.3 is 4.98 Å². The van der Waals surface area contributed by atoms with Crippen molar-refractivity contribution in [3.63, 3.8) is 0 Å². The smallest absolute Gasteiger partial charge is 0.286 e. The van der Waals surface area contributed by atoms with Gasteiger partial charge >= 0.3 is 0 Å². The first kappa shape index (κ1) is 13.7. The highest BCUT2D eigenvalue weighted by Gasteiger charge is 2.11. The van der Waals surface area contributed by atoms with Crippen molar-refractivity contribution in [2.24, 2.45) is 0 Å². The molecule has 21 heavy (non-hydrogen) atoms. The zero-order valence-corrected chi connectivity index (χ0v) is 12.2. The number of thiophene rings is 1. The number of hydrogen-bond acceptors (Lipinski definition) is 3. The van der Waals surface area contributed by atoms with Gasteiger partial charge in [0.2, 0.25) is 0 Å². The molecule has 0 aliphatic rings. The van der Waals surface area contributed by atoms with E-state index in [1.165, 1.54) is 11.3 Å². The third-order valence-corrected chi connectivity index (χ3v) is 3.82. The Morgan fingerprint density at radius 2 is 1.90 bits per heavy atom. The molecule has 3 rings (SSSR count). The van der Waals surface area contributed by atoms with Crippen molar-refractivity contribution in [1.82, 2.24) is 15.8 Å². The topological polar surface area (TPSA) is 74.0 Å². The summed E-state index contributed by atoms with van der Waals surface area (Å²) < 4.78 is 0. The lowest BCUT2D eigenvalue weighted by Crippen LogP contribution is -2.41. The lowest BCUT2D eigenvalue weighted by molar-refractivity contribution is 0.0844. The van der Waals surface area contributed by atoms with Crippen LogP contribution in [0.25, 0.3) is 10.9 Å². The predicted octanol–water partition coefficient (Wildman–Crippen LogP) is 2.96. The molecule has 2 amide bonds. The summed E-state index contributed by atoms with van der Waals surface area (Å²) in [5.74, 6) is -0.783. The fourth-order valence-electron chi connectivity index (χ4n) is 1.87. The van der Waals surface area contributed by atoms with Gasteiger partial charge in [-0.05, 0) is 35.7 Å². The molecule has 0 atom stereocenters. The van der Waals surface area contributed by atoms with Crippen LogP contribution in [-0.4, -0.2) is 16.8 Å². The molecule has 0 bridgehead atoms. The van der Waals surface area contributed by atoms with E-state index in [0.29, 0.717) is 16.3 Å². The Kier molecular flexibility index (Phi) is 3.64. The van der Waals surface area contributed by atoms with Gasteiger partial charge in [0.1, 0.15) is 5.69 Å². The summed E-state index contributed by atoms with van der Waals surface area (Å²) >= 11 is 7.31. The van der Waals surface area contributed by atoms with Gasteiger partial charge in [0.05, 0.1) is 5.56 Å². The van der Waals surface area contributed by atoms with Crippen molar-refractivity contribution >= 4 is 45.7 Å². The number of aromatic amines is 1. The molecule has 106 valence electrons. The molecule has 0 aliphatic heterocycles. The van der Waals surface area contributed by atoms with E-state index in [0.717, 1.165) is 10.9 Å². The molecule has 2 aromatic heterocycles. The molecule has 1 aromatic carbocycles. The number of halogens is 1. The SMILES string of the molecule is O=C(NNC(=O)c1cc2cc(Cl)ccc2[nH]1)c1ccsc1. The van der Waals surface area contributed by atoms with E-state index >= 15 is 0 Å². The minimum atomic E-state index is -0.425. The third kappa shape index (κ3) is 2.91. The first-order valence-electron chi connectivity index (χ1n) is 6.04. The summed E-state index contributed by atoms with van der Waals surface area (Å²) in [6.07, 6.45) is 0. The fourth-order valence-corrected chi connectivity index (χ4v) is 2.69. The Bertz CT molecular complexity index is 811. The zero-order chi connectivity index (χ0) is 14.8. The first-order valence-corrected chi connectivity index (χ1v) is 7.37. The van der Waals surface area contributed by atoms with Crippen LogP contribution < -0.4 is 10.9 Å². The molecular formula is C14H10ClN3O2S. The number of carbonyl (C=O) groups excluding carboxylic acids is 2. The summed E-state index contributed by atoms with van der Waals surface area (Å²) in [5, 5.41) is 4.92. The molecule has 0 spiro atoms. The quantitative estimate of drug-likeness (QED) is 0.635. The van der Waals surface area contributed by atoms with Gasteiger partial charge in [0.25, 0.3) is 11.8 Å². The zero-order valence-electron chi connectivity index (χ0n) is 10.6. The van der Waals surface area contributed by atoms with Crippen LogP contribution in [0.15, 0.2) is 41.1 Å². The lowest BCUT2D eigenvalue weighted by Gasteiger charge is -2.04. The van der Waals surface area contributed by atoms with Crippen LogP contribution in [0.4, 0.5) is 0 Å². The molecule has 0 unspecified atom stereocenters. The Morgan fingerprint density at radius 3 is 2.67 bits per heavy atom. The van der Waals surface area contributed by atoms with Gasteiger partial charge in [-0.25, -0.2) is 0 Å².